The van der Waals surface area contributed by atoms with E-state index in [4.69, 9.17) is 5.11 Å². The number of nitrogens with one attached hydrogen (secondary N) is 1. The Morgan fingerprint density at radius 2 is 2.29 bits per heavy atom. The largest absolute Gasteiger partial charge is 0.480 e. The zero-order chi connectivity index (χ0) is 12.3. The second-order valence-corrected chi connectivity index (χ2v) is 5.10. The molecule has 0 aliphatic carbocycles. The maximum Gasteiger partial charge on any atom is 0.320 e. The minimum atomic E-state index is -0.744. The van der Waals surface area contributed by atoms with Crippen LogP contribution in [-0.2, 0) is 4.79 Å². The van der Waals surface area contributed by atoms with Crippen LogP contribution in [0.4, 0.5) is 0 Å². The van der Waals surface area contributed by atoms with Gasteiger partial charge in [0, 0.05) is 32.2 Å². The molecular weight excluding hydrogens is 218 g/mol. The van der Waals surface area contributed by atoms with Gasteiger partial charge < -0.3 is 15.3 Å². The minimum Gasteiger partial charge on any atom is -0.480 e. The second-order valence-electron chi connectivity index (χ2n) is 5.10. The first-order chi connectivity index (χ1) is 8.20. The molecule has 5 nitrogen and oxygen atoms in total. The number of hydrogen-bond acceptors (Lipinski definition) is 4. The third-order valence-electron chi connectivity index (χ3n) is 4.05. The molecule has 98 valence electrons. The highest BCUT2D eigenvalue weighted by atomic mass is 16.4. The van der Waals surface area contributed by atoms with Gasteiger partial charge in [-0.1, -0.05) is 0 Å². The zero-order valence-corrected chi connectivity index (χ0v) is 10.6. The summed E-state index contributed by atoms with van der Waals surface area (Å²) in [5, 5.41) is 11.8. The van der Waals surface area contributed by atoms with Crippen molar-refractivity contribution in [3.63, 3.8) is 0 Å². The normalized spacial score (nSPS) is 27.9. The number of rotatable bonds is 5. The van der Waals surface area contributed by atoms with E-state index in [0.717, 1.165) is 32.2 Å². The van der Waals surface area contributed by atoms with E-state index in [1.807, 2.05) is 0 Å². The van der Waals surface area contributed by atoms with E-state index in [-0.39, 0.29) is 0 Å². The van der Waals surface area contributed by atoms with Gasteiger partial charge in [0.15, 0.2) is 0 Å². The molecular formula is C12H23N3O2. The molecule has 2 N–H and O–H groups in total. The Labute approximate surface area is 103 Å². The van der Waals surface area contributed by atoms with Gasteiger partial charge >= 0.3 is 5.97 Å². The monoisotopic (exact) mass is 241 g/mol. The summed E-state index contributed by atoms with van der Waals surface area (Å²) in [5.74, 6) is -0.744. The summed E-state index contributed by atoms with van der Waals surface area (Å²) in [6.07, 6.45) is 3.33. The molecule has 0 saturated carbocycles. The van der Waals surface area contributed by atoms with Crippen molar-refractivity contribution < 1.29 is 9.90 Å². The van der Waals surface area contributed by atoms with Crippen molar-refractivity contribution in [1.82, 2.24) is 15.1 Å². The summed E-state index contributed by atoms with van der Waals surface area (Å²) in [4.78, 5) is 15.9. The molecule has 0 amide bonds. The summed E-state index contributed by atoms with van der Waals surface area (Å²) in [5.41, 5.74) is 0. The number of likely N-dealkylation sites (N-methyl/N-ethyl adjacent to an activating group) is 1. The number of hydrogen-bond donors (Lipinski definition) is 2. The Morgan fingerprint density at radius 3 is 3.00 bits per heavy atom. The second kappa shape index (κ2) is 5.80. The van der Waals surface area contributed by atoms with Crippen LogP contribution < -0.4 is 5.32 Å². The van der Waals surface area contributed by atoms with E-state index in [1.54, 1.807) is 7.05 Å². The number of nitrogens with zero attached hydrogens (tertiary/aromatic N) is 2. The standard InChI is InChI=1S/C12H23N3O2/c1-13-11(12(16)17)4-6-14-7-8-15-5-2-3-10(15)9-14/h10-11,13H,2-9H2,1H3,(H,16,17). The average molecular weight is 241 g/mol. The fourth-order valence-electron chi connectivity index (χ4n) is 2.96. The third-order valence-corrected chi connectivity index (χ3v) is 4.05. The van der Waals surface area contributed by atoms with Gasteiger partial charge in [0.1, 0.15) is 6.04 Å². The van der Waals surface area contributed by atoms with Crippen molar-refractivity contribution >= 4 is 5.97 Å². The predicted octanol–water partition coefficient (Wildman–Crippen LogP) is -0.171. The maximum absolute atomic E-state index is 10.9. The lowest BCUT2D eigenvalue weighted by atomic mass is 10.1. The molecule has 2 rings (SSSR count). The number of aliphatic carboxylic acids is 1. The van der Waals surface area contributed by atoms with Crippen LogP contribution in [0.15, 0.2) is 0 Å². The molecule has 2 aliphatic rings. The van der Waals surface area contributed by atoms with Gasteiger partial charge in [0.25, 0.3) is 0 Å². The highest BCUT2D eigenvalue weighted by Gasteiger charge is 2.30. The van der Waals surface area contributed by atoms with Crippen LogP contribution in [0.3, 0.4) is 0 Å². The highest BCUT2D eigenvalue weighted by Crippen LogP contribution is 2.21. The Morgan fingerprint density at radius 1 is 1.47 bits per heavy atom. The highest BCUT2D eigenvalue weighted by molar-refractivity contribution is 5.73. The lowest BCUT2D eigenvalue weighted by molar-refractivity contribution is -0.139. The fraction of sp³-hybridized carbons (Fsp3) is 0.917. The Kier molecular flexibility index (Phi) is 4.36. The van der Waals surface area contributed by atoms with Gasteiger partial charge in [0.05, 0.1) is 0 Å². The summed E-state index contributed by atoms with van der Waals surface area (Å²) >= 11 is 0. The quantitative estimate of drug-likeness (QED) is 0.700. The van der Waals surface area contributed by atoms with Crippen molar-refractivity contribution in [1.29, 1.82) is 0 Å². The molecule has 0 spiro atoms. The van der Waals surface area contributed by atoms with Crippen LogP contribution in [0.2, 0.25) is 0 Å². The molecule has 0 aromatic rings. The van der Waals surface area contributed by atoms with Gasteiger partial charge in [-0.25, -0.2) is 0 Å². The molecule has 0 aromatic heterocycles. The minimum absolute atomic E-state index is 0.406. The molecule has 5 heteroatoms. The van der Waals surface area contributed by atoms with Crippen LogP contribution in [0.1, 0.15) is 19.3 Å². The van der Waals surface area contributed by atoms with E-state index in [2.05, 4.69) is 15.1 Å². The summed E-state index contributed by atoms with van der Waals surface area (Å²) in [7, 11) is 1.72. The Balaban J connectivity index is 1.74. The van der Waals surface area contributed by atoms with Crippen molar-refractivity contribution in [2.75, 3.05) is 39.8 Å². The van der Waals surface area contributed by atoms with Gasteiger partial charge in [-0.3, -0.25) is 9.69 Å². The molecule has 2 fully saturated rings. The first kappa shape index (κ1) is 12.8. The van der Waals surface area contributed by atoms with E-state index < -0.39 is 12.0 Å². The van der Waals surface area contributed by atoms with Gasteiger partial charge in [-0.05, 0) is 32.9 Å². The lowest BCUT2D eigenvalue weighted by Crippen LogP contribution is -2.51. The zero-order valence-electron chi connectivity index (χ0n) is 10.6. The van der Waals surface area contributed by atoms with Crippen LogP contribution in [0.5, 0.6) is 0 Å². The number of carboxylic acid groups (broad SMARTS) is 1. The van der Waals surface area contributed by atoms with Gasteiger partial charge in [-0.2, -0.15) is 0 Å². The van der Waals surface area contributed by atoms with Crippen molar-refractivity contribution in [3.05, 3.63) is 0 Å². The number of piperazine rings is 1. The average Bonchev–Trinajstić information content (AvgIpc) is 2.76. The summed E-state index contributed by atoms with van der Waals surface area (Å²) in [6, 6.07) is 0.318. The molecule has 2 unspecified atom stereocenters. The Hall–Kier alpha value is -0.650. The van der Waals surface area contributed by atoms with Crippen LogP contribution in [0, 0.1) is 0 Å². The first-order valence-corrected chi connectivity index (χ1v) is 6.57. The van der Waals surface area contributed by atoms with Crippen LogP contribution in [-0.4, -0.2) is 72.7 Å². The van der Waals surface area contributed by atoms with E-state index >= 15 is 0 Å². The van der Waals surface area contributed by atoms with Crippen molar-refractivity contribution in [2.24, 2.45) is 0 Å². The molecule has 2 saturated heterocycles. The predicted molar refractivity (Wildman–Crippen MR) is 66.1 cm³/mol. The molecule has 0 bridgehead atoms. The molecule has 17 heavy (non-hydrogen) atoms. The van der Waals surface area contributed by atoms with E-state index in [0.29, 0.717) is 6.42 Å². The Bertz CT molecular complexity index is 272. The topological polar surface area (TPSA) is 55.8 Å². The number of fused-ring (bicyclic) bond motifs is 1. The first-order valence-electron chi connectivity index (χ1n) is 6.57. The third kappa shape index (κ3) is 3.18. The molecule has 0 aromatic carbocycles. The van der Waals surface area contributed by atoms with Gasteiger partial charge in [-0.15, -0.1) is 0 Å². The van der Waals surface area contributed by atoms with Crippen molar-refractivity contribution in [2.45, 2.75) is 31.3 Å². The fourth-order valence-corrected chi connectivity index (χ4v) is 2.96. The van der Waals surface area contributed by atoms with E-state index in [1.165, 1.54) is 19.4 Å². The molecule has 2 heterocycles. The molecule has 0 radical (unpaired) electrons. The lowest BCUT2D eigenvalue weighted by Gasteiger charge is -2.37. The molecule has 2 atom stereocenters. The smallest absolute Gasteiger partial charge is 0.320 e. The van der Waals surface area contributed by atoms with Crippen LogP contribution in [0.25, 0.3) is 0 Å². The number of carbonyl (C=O) groups is 1. The maximum atomic E-state index is 10.9. The summed E-state index contributed by atoms with van der Waals surface area (Å²) < 4.78 is 0. The summed E-state index contributed by atoms with van der Waals surface area (Å²) in [6.45, 7) is 5.51. The number of carboxylic acids is 1. The van der Waals surface area contributed by atoms with Gasteiger partial charge in [0.2, 0.25) is 0 Å². The van der Waals surface area contributed by atoms with Crippen LogP contribution >= 0.6 is 0 Å². The van der Waals surface area contributed by atoms with Crippen molar-refractivity contribution in [3.8, 4) is 0 Å². The van der Waals surface area contributed by atoms with E-state index in [9.17, 15) is 4.79 Å². The SMILES string of the molecule is CNC(CCN1CCN2CCCC2C1)C(=O)O. The molecule has 2 aliphatic heterocycles.